The molecule has 0 N–H and O–H groups in total. The van der Waals surface area contributed by atoms with Crippen molar-refractivity contribution in [2.24, 2.45) is 110 Å². The molecule has 0 heteroatoms. The van der Waals surface area contributed by atoms with Gasteiger partial charge in [0.1, 0.15) is 0 Å². The summed E-state index contributed by atoms with van der Waals surface area (Å²) in [7, 11) is 0. The Hall–Kier alpha value is 0. The van der Waals surface area contributed by atoms with Crippen molar-refractivity contribution >= 4 is 0 Å². The molecule has 0 radical (unpaired) electrons. The van der Waals surface area contributed by atoms with Gasteiger partial charge < -0.3 is 0 Å². The number of hydrogen-bond acceptors (Lipinski definition) is 0. The van der Waals surface area contributed by atoms with Gasteiger partial charge in [-0.2, -0.15) is 0 Å². The molecule has 59 heavy (non-hydrogen) atoms. The Labute approximate surface area is 372 Å². The molecular formula is C59H108. The maximum atomic E-state index is 2.49. The zero-order valence-corrected chi connectivity index (χ0v) is 42.8. The van der Waals surface area contributed by atoms with Crippen molar-refractivity contribution in [1.82, 2.24) is 0 Å². The van der Waals surface area contributed by atoms with E-state index >= 15 is 0 Å². The normalized spacial score (nSPS) is 41.1. The van der Waals surface area contributed by atoms with Crippen molar-refractivity contribution in [3.05, 3.63) is 0 Å². The lowest BCUT2D eigenvalue weighted by atomic mass is 9.42. The van der Waals surface area contributed by atoms with E-state index in [1.165, 1.54) is 109 Å². The Morgan fingerprint density at radius 3 is 1.22 bits per heavy atom. The Bertz CT molecular complexity index is 1160. The van der Waals surface area contributed by atoms with Gasteiger partial charge in [-0.3, -0.25) is 0 Å². The van der Waals surface area contributed by atoms with E-state index in [1.807, 2.05) is 0 Å². The Morgan fingerprint density at radius 2 is 0.864 bits per heavy atom. The molecule has 13 saturated carbocycles. The van der Waals surface area contributed by atoms with Crippen LogP contribution >= 0.6 is 0 Å². The second kappa shape index (κ2) is 20.4. The predicted octanol–water partition coefficient (Wildman–Crippen LogP) is 19.0. The number of hydrogen-bond donors (Lipinski definition) is 0. The highest BCUT2D eigenvalue weighted by Gasteiger charge is 2.56. The van der Waals surface area contributed by atoms with Gasteiger partial charge in [0.05, 0.1) is 0 Å². The van der Waals surface area contributed by atoms with E-state index in [0.29, 0.717) is 5.41 Å². The highest BCUT2D eigenvalue weighted by molar-refractivity contribution is 5.05. The fourth-order valence-electron chi connectivity index (χ4n) is 17.4. The number of rotatable bonds is 5. The standard InChI is InChI=1S/C13H22.2C13H24.C11H20.C9H18/c1-9(2)13-6-10-3-11(7-13)5-12(4-10)8-13;1-8(2)11-6-10-7-12(9(11)3)13(10,4)5;1-11(2)12-5-9-13(10-6-12)7-3-4-8-13;1-9(2)11-6-3-10(4-7-11)5-8-11;1-8(2)9-6-4-3-5-7-9/h9-12H,3-8H2,1-2H3;8-12H,6-7H2,1-5H3;11-12H,3-10H2,1-2H3;9-10H,3-8H2,1-2H3;8-9H,3-7H2,1-2H3. The van der Waals surface area contributed by atoms with E-state index in [0.717, 1.165) is 105 Å². The van der Waals surface area contributed by atoms with Crippen molar-refractivity contribution in [1.29, 1.82) is 0 Å². The Kier molecular flexibility index (Phi) is 16.8. The molecule has 0 aromatic carbocycles. The van der Waals surface area contributed by atoms with Crippen LogP contribution in [0.5, 0.6) is 0 Å². The van der Waals surface area contributed by atoms with Gasteiger partial charge in [0.2, 0.25) is 0 Å². The summed E-state index contributed by atoms with van der Waals surface area (Å²) in [4.78, 5) is 0. The van der Waals surface area contributed by atoms with E-state index in [2.05, 4.69) is 90.0 Å². The van der Waals surface area contributed by atoms with E-state index in [-0.39, 0.29) is 0 Å². The van der Waals surface area contributed by atoms with Crippen molar-refractivity contribution in [2.75, 3.05) is 0 Å². The fourth-order valence-corrected chi connectivity index (χ4v) is 17.4. The molecule has 0 amide bonds. The SMILES string of the molecule is CC(C)C12CC3CC(CC(C3)C1)C2.CC(C)C12CCC(CC1)CC2.CC(C)C1CC2CC(C1C)C2(C)C.CC(C)C1CCC2(CCCC2)CC1.CC(C)C1CCCCC1. The second-order valence-corrected chi connectivity index (χ2v) is 27.2. The van der Waals surface area contributed by atoms with Crippen molar-refractivity contribution in [2.45, 2.75) is 263 Å². The molecule has 4 unspecified atom stereocenters. The quantitative estimate of drug-likeness (QED) is 0.259. The minimum atomic E-state index is 0.671. The minimum absolute atomic E-state index is 0.671. The highest BCUT2D eigenvalue weighted by atomic mass is 14.6. The third kappa shape index (κ3) is 11.5. The molecule has 0 aromatic heterocycles. The van der Waals surface area contributed by atoms with Gasteiger partial charge in [-0.25, -0.2) is 0 Å². The van der Waals surface area contributed by atoms with Gasteiger partial charge >= 0.3 is 0 Å². The monoisotopic (exact) mass is 817 g/mol. The molecule has 344 valence electrons. The third-order valence-electron chi connectivity index (χ3n) is 22.2. The molecule has 4 atom stereocenters. The van der Waals surface area contributed by atoms with Crippen LogP contribution in [0.2, 0.25) is 0 Å². The van der Waals surface area contributed by atoms with Crippen LogP contribution in [0, 0.1) is 110 Å². The Balaban J connectivity index is 0.000000125. The lowest BCUT2D eigenvalue weighted by Crippen LogP contribution is -2.55. The Morgan fingerprint density at radius 1 is 0.407 bits per heavy atom. The lowest BCUT2D eigenvalue weighted by molar-refractivity contribution is -0.137. The summed E-state index contributed by atoms with van der Waals surface area (Å²) >= 11 is 0. The van der Waals surface area contributed by atoms with Crippen LogP contribution < -0.4 is 0 Å². The third-order valence-corrected chi connectivity index (χ3v) is 22.2. The van der Waals surface area contributed by atoms with Crippen molar-refractivity contribution in [3.8, 4) is 0 Å². The van der Waals surface area contributed by atoms with Crippen LogP contribution in [-0.2, 0) is 0 Å². The summed E-state index contributed by atoms with van der Waals surface area (Å²) in [6.45, 7) is 31.6. The molecule has 8 bridgehead atoms. The molecule has 0 nitrogen and oxygen atoms in total. The topological polar surface area (TPSA) is 0 Å². The van der Waals surface area contributed by atoms with Crippen LogP contribution in [0.15, 0.2) is 0 Å². The highest BCUT2D eigenvalue weighted by Crippen LogP contribution is 2.64. The number of fused-ring (bicyclic) bond motifs is 5. The maximum absolute atomic E-state index is 2.49. The van der Waals surface area contributed by atoms with E-state index < -0.39 is 0 Å². The molecule has 1 spiro atoms. The average Bonchev–Trinajstić information content (AvgIpc) is 3.66. The first-order chi connectivity index (χ1) is 27.9. The molecule has 13 fully saturated rings. The van der Waals surface area contributed by atoms with Crippen LogP contribution in [0.1, 0.15) is 263 Å². The largest absolute Gasteiger partial charge is 0.0625 e. The van der Waals surface area contributed by atoms with Crippen LogP contribution in [0.25, 0.3) is 0 Å². The van der Waals surface area contributed by atoms with Crippen molar-refractivity contribution in [3.63, 3.8) is 0 Å². The summed E-state index contributed by atoms with van der Waals surface area (Å²) in [5.74, 6) is 15.3. The van der Waals surface area contributed by atoms with E-state index in [1.54, 1.807) is 64.2 Å². The molecule has 0 aliphatic heterocycles. The van der Waals surface area contributed by atoms with Gasteiger partial charge in [-0.1, -0.05) is 135 Å². The fraction of sp³-hybridized carbons (Fsp3) is 1.00. The molecule has 0 saturated heterocycles. The first-order valence-electron chi connectivity index (χ1n) is 27.9. The molecule has 13 rings (SSSR count). The summed E-state index contributed by atoms with van der Waals surface area (Å²) in [5.41, 5.74) is 3.10. The average molecular weight is 818 g/mol. The maximum Gasteiger partial charge on any atom is -0.0267 e. The first kappa shape index (κ1) is 48.5. The molecule has 0 aromatic rings. The molecule has 0 heterocycles. The summed E-state index contributed by atoms with van der Waals surface area (Å²) in [5, 5.41) is 0. The molecule has 13 aliphatic rings. The smallest absolute Gasteiger partial charge is 0.0267 e. The van der Waals surface area contributed by atoms with Gasteiger partial charge in [0.25, 0.3) is 0 Å². The van der Waals surface area contributed by atoms with Gasteiger partial charge in [0, 0.05) is 0 Å². The van der Waals surface area contributed by atoms with Crippen LogP contribution in [0.4, 0.5) is 0 Å². The lowest BCUT2D eigenvalue weighted by Gasteiger charge is -2.63. The first-order valence-corrected chi connectivity index (χ1v) is 27.9. The predicted molar refractivity (Wildman–Crippen MR) is 261 cm³/mol. The summed E-state index contributed by atoms with van der Waals surface area (Å²) in [6.07, 6.45) is 41.5. The van der Waals surface area contributed by atoms with Crippen molar-refractivity contribution < 1.29 is 0 Å². The zero-order chi connectivity index (χ0) is 42.8. The second-order valence-electron chi connectivity index (χ2n) is 27.2. The van der Waals surface area contributed by atoms with Crippen LogP contribution in [0.3, 0.4) is 0 Å². The van der Waals surface area contributed by atoms with Gasteiger partial charge in [0.15, 0.2) is 0 Å². The zero-order valence-electron chi connectivity index (χ0n) is 42.8. The summed E-state index contributed by atoms with van der Waals surface area (Å²) < 4.78 is 0. The summed E-state index contributed by atoms with van der Waals surface area (Å²) in [6, 6.07) is 0. The van der Waals surface area contributed by atoms with Gasteiger partial charge in [-0.05, 0) is 239 Å². The van der Waals surface area contributed by atoms with Crippen LogP contribution in [-0.4, -0.2) is 0 Å². The molecule has 13 aliphatic carbocycles. The minimum Gasteiger partial charge on any atom is -0.0625 e. The van der Waals surface area contributed by atoms with E-state index in [4.69, 9.17) is 0 Å². The van der Waals surface area contributed by atoms with Gasteiger partial charge in [-0.15, -0.1) is 0 Å². The van der Waals surface area contributed by atoms with E-state index in [9.17, 15) is 0 Å². The molecular weight excluding hydrogens is 709 g/mol.